The van der Waals surface area contributed by atoms with Crippen LogP contribution in [0.25, 0.3) is 0 Å². The third kappa shape index (κ3) is 3.11. The van der Waals surface area contributed by atoms with Crippen molar-refractivity contribution in [2.24, 2.45) is 11.3 Å². The van der Waals surface area contributed by atoms with Crippen LogP contribution >= 0.6 is 0 Å². The molecule has 1 saturated carbocycles. The summed E-state index contributed by atoms with van der Waals surface area (Å²) in [5, 5.41) is 0. The molecule has 2 aliphatic heterocycles. The van der Waals surface area contributed by atoms with E-state index in [1.807, 2.05) is 6.07 Å². The molecule has 2 aromatic carbocycles. The molecule has 2 amide bonds. The minimum atomic E-state index is -0.995. The zero-order valence-electron chi connectivity index (χ0n) is 23.0. The summed E-state index contributed by atoms with van der Waals surface area (Å²) in [6.45, 7) is 1.02. The number of likely N-dealkylation sites (N-methyl/N-ethyl adjacent to an activating group) is 1. The van der Waals surface area contributed by atoms with E-state index in [0.29, 0.717) is 23.8 Å². The van der Waals surface area contributed by atoms with Gasteiger partial charge in [-0.3, -0.25) is 20.4 Å². The van der Waals surface area contributed by atoms with E-state index in [-0.39, 0.29) is 35.2 Å². The molecule has 4 bridgehead atoms. The van der Waals surface area contributed by atoms with Gasteiger partial charge in [0.15, 0.2) is 11.5 Å². The Morgan fingerprint density at radius 1 is 1.02 bits per heavy atom. The molecule has 3 N–H and O–H groups in total. The SMILES string of the molecule is COc1ccc(C(=O)NNC(=O)[C@@H]2C[C@@]34C=C[C@]2(OC)[C@H]2Oc5c(OC)ccc6c5[C@@]23CC[NH+](C)[C@@H]4C6)cc1.[Cl-]. The molecule has 2 spiro atoms. The van der Waals surface area contributed by atoms with Gasteiger partial charge in [0.25, 0.3) is 5.91 Å². The van der Waals surface area contributed by atoms with Crippen LogP contribution in [-0.4, -0.2) is 64.5 Å². The number of rotatable bonds is 5. The van der Waals surface area contributed by atoms with Crippen molar-refractivity contribution in [3.8, 4) is 17.2 Å². The number of piperidine rings is 1. The molecule has 212 valence electrons. The Bertz CT molecular complexity index is 1410. The molecule has 6 aliphatic rings. The van der Waals surface area contributed by atoms with Crippen LogP contribution in [0.3, 0.4) is 0 Å². The number of quaternary nitrogens is 1. The molecule has 2 aromatic rings. The fourth-order valence-corrected chi connectivity index (χ4v) is 8.68. The topological polar surface area (TPSA) is 99.6 Å². The molecule has 40 heavy (non-hydrogen) atoms. The second-order valence-electron chi connectivity index (χ2n) is 11.6. The van der Waals surface area contributed by atoms with Gasteiger partial charge in [-0.1, -0.05) is 18.2 Å². The van der Waals surface area contributed by atoms with E-state index in [1.165, 1.54) is 16.0 Å². The largest absolute Gasteiger partial charge is 1.00 e. The quantitative estimate of drug-likeness (QED) is 0.285. The van der Waals surface area contributed by atoms with Crippen molar-refractivity contribution in [3.05, 3.63) is 65.2 Å². The lowest BCUT2D eigenvalue weighted by Gasteiger charge is -2.69. The van der Waals surface area contributed by atoms with Gasteiger partial charge in [-0.2, -0.15) is 0 Å². The first kappa shape index (κ1) is 26.9. The number of likely N-dealkylation sites (tertiary alicyclic amines) is 1. The van der Waals surface area contributed by atoms with Gasteiger partial charge < -0.3 is 36.3 Å². The Balaban J connectivity index is 0.00000289. The Labute approximate surface area is 239 Å². The minimum absolute atomic E-state index is 0. The van der Waals surface area contributed by atoms with Crippen LogP contribution in [0.4, 0.5) is 0 Å². The molecule has 4 aliphatic carbocycles. The van der Waals surface area contributed by atoms with Crippen LogP contribution in [0.5, 0.6) is 17.2 Å². The number of nitrogens with one attached hydrogen (secondary N) is 3. The number of carbonyl (C=O) groups is 2. The number of hydrazine groups is 1. The first-order valence-electron chi connectivity index (χ1n) is 13.5. The molecule has 2 fully saturated rings. The standard InChI is InChI=1S/C30H33N3O6.ClH/c1-33-14-13-29-23-18-7-10-21(37-3)24(23)39-27(29)30(38-4)12-11-28(29,22(33)15-18)16-20(30)26(35)32-31-25(34)17-5-8-19(36-2)9-6-17;/h5-12,20,22,27H,13-16H2,1-4H3,(H,31,34)(H,32,35);1H/t20-,22+,27-,28+,29-,30+;/m0./s1. The van der Waals surface area contributed by atoms with Gasteiger partial charge in [-0.05, 0) is 42.3 Å². The molecular formula is C30H34ClN3O6. The number of benzene rings is 2. The highest BCUT2D eigenvalue weighted by Crippen LogP contribution is 2.73. The number of hydrogen-bond acceptors (Lipinski definition) is 6. The van der Waals surface area contributed by atoms with Crippen LogP contribution < -0.4 is 42.4 Å². The highest BCUT2D eigenvalue weighted by molar-refractivity contribution is 5.96. The normalized spacial score (nSPS) is 35.1. The summed E-state index contributed by atoms with van der Waals surface area (Å²) in [6.07, 6.45) is 6.47. The van der Waals surface area contributed by atoms with E-state index >= 15 is 0 Å². The van der Waals surface area contributed by atoms with Gasteiger partial charge in [0.2, 0.25) is 5.91 Å². The molecule has 1 saturated heterocycles. The highest BCUT2D eigenvalue weighted by atomic mass is 35.5. The summed E-state index contributed by atoms with van der Waals surface area (Å²) in [5.41, 5.74) is 6.70. The van der Waals surface area contributed by atoms with Crippen LogP contribution in [-0.2, 0) is 21.4 Å². The van der Waals surface area contributed by atoms with Crippen molar-refractivity contribution in [3.63, 3.8) is 0 Å². The fourth-order valence-electron chi connectivity index (χ4n) is 8.68. The summed E-state index contributed by atoms with van der Waals surface area (Å²) in [6, 6.07) is 11.2. The summed E-state index contributed by atoms with van der Waals surface area (Å²) in [7, 11) is 7.15. The first-order valence-corrected chi connectivity index (χ1v) is 13.5. The monoisotopic (exact) mass is 567 g/mol. The summed E-state index contributed by atoms with van der Waals surface area (Å²) >= 11 is 0. The van der Waals surface area contributed by atoms with Gasteiger partial charge in [0.05, 0.1) is 44.6 Å². The van der Waals surface area contributed by atoms with Gasteiger partial charge in [0.1, 0.15) is 23.5 Å². The molecule has 9 nitrogen and oxygen atoms in total. The van der Waals surface area contributed by atoms with Gasteiger partial charge in [0, 0.05) is 31.1 Å². The Morgan fingerprint density at radius 3 is 2.50 bits per heavy atom. The van der Waals surface area contributed by atoms with Crippen molar-refractivity contribution in [2.45, 2.75) is 42.4 Å². The van der Waals surface area contributed by atoms with E-state index in [0.717, 1.165) is 30.9 Å². The number of amides is 2. The van der Waals surface area contributed by atoms with Crippen molar-refractivity contribution in [2.75, 3.05) is 34.9 Å². The Morgan fingerprint density at radius 2 is 1.80 bits per heavy atom. The molecule has 1 unspecified atom stereocenters. The summed E-state index contributed by atoms with van der Waals surface area (Å²) in [5.74, 6) is 0.916. The maximum atomic E-state index is 13.9. The molecule has 10 heteroatoms. The lowest BCUT2D eigenvalue weighted by Crippen LogP contribution is -3.18. The predicted octanol–water partition coefficient (Wildman–Crippen LogP) is -2.03. The second kappa shape index (κ2) is 9.12. The maximum Gasteiger partial charge on any atom is 0.269 e. The number of hydrogen-bond donors (Lipinski definition) is 3. The smallest absolute Gasteiger partial charge is 0.269 e. The average Bonchev–Trinajstić information content (AvgIpc) is 3.34. The number of halogens is 1. The van der Waals surface area contributed by atoms with Crippen molar-refractivity contribution in [1.29, 1.82) is 0 Å². The van der Waals surface area contributed by atoms with Crippen LogP contribution in [0.2, 0.25) is 0 Å². The van der Waals surface area contributed by atoms with Crippen molar-refractivity contribution in [1.82, 2.24) is 10.9 Å². The van der Waals surface area contributed by atoms with Gasteiger partial charge in [-0.15, -0.1) is 0 Å². The lowest BCUT2D eigenvalue weighted by atomic mass is 9.37. The summed E-state index contributed by atoms with van der Waals surface area (Å²) in [4.78, 5) is 28.2. The highest BCUT2D eigenvalue weighted by Gasteiger charge is 2.81. The van der Waals surface area contributed by atoms with Crippen LogP contribution in [0.15, 0.2) is 48.6 Å². The van der Waals surface area contributed by atoms with E-state index < -0.39 is 17.4 Å². The zero-order valence-corrected chi connectivity index (χ0v) is 23.8. The number of methoxy groups -OCH3 is 3. The maximum absolute atomic E-state index is 13.9. The van der Waals surface area contributed by atoms with E-state index in [9.17, 15) is 9.59 Å². The molecule has 0 radical (unpaired) electrons. The van der Waals surface area contributed by atoms with Crippen molar-refractivity contribution < 1.29 is 45.8 Å². The predicted molar refractivity (Wildman–Crippen MR) is 141 cm³/mol. The zero-order chi connectivity index (χ0) is 27.2. The lowest BCUT2D eigenvalue weighted by molar-refractivity contribution is -0.923. The first-order chi connectivity index (χ1) is 18.8. The Kier molecular flexibility index (Phi) is 6.14. The van der Waals surface area contributed by atoms with Gasteiger partial charge >= 0.3 is 0 Å². The van der Waals surface area contributed by atoms with Crippen LogP contribution in [0.1, 0.15) is 34.3 Å². The Hall–Kier alpha value is -3.27. The molecule has 7 atom stereocenters. The minimum Gasteiger partial charge on any atom is -1.00 e. The van der Waals surface area contributed by atoms with E-state index in [2.05, 4.69) is 36.1 Å². The van der Waals surface area contributed by atoms with E-state index in [1.54, 1.807) is 45.6 Å². The van der Waals surface area contributed by atoms with Crippen molar-refractivity contribution >= 4 is 11.8 Å². The molecular weight excluding hydrogens is 534 g/mol. The van der Waals surface area contributed by atoms with Crippen LogP contribution in [0, 0.1) is 11.3 Å². The molecule has 2 heterocycles. The van der Waals surface area contributed by atoms with Gasteiger partial charge in [-0.25, -0.2) is 0 Å². The molecule has 0 aromatic heterocycles. The fraction of sp³-hybridized carbons (Fsp3) is 0.467. The summed E-state index contributed by atoms with van der Waals surface area (Å²) < 4.78 is 24.1. The molecule has 8 rings (SSSR count). The third-order valence-corrected chi connectivity index (χ3v) is 10.4. The number of fused-ring (bicyclic) bond motifs is 1. The number of ether oxygens (including phenoxy) is 4. The third-order valence-electron chi connectivity index (χ3n) is 10.4. The number of carbonyl (C=O) groups excluding carboxylic acids is 2. The second-order valence-corrected chi connectivity index (χ2v) is 11.6. The average molecular weight is 568 g/mol. The van der Waals surface area contributed by atoms with E-state index in [4.69, 9.17) is 18.9 Å².